The summed E-state index contributed by atoms with van der Waals surface area (Å²) in [7, 11) is -2.22. The monoisotopic (exact) mass is 285 g/mol. The van der Waals surface area contributed by atoms with Crippen LogP contribution >= 0.6 is 11.3 Å². The lowest BCUT2D eigenvalue weighted by Gasteiger charge is -2.05. The first-order chi connectivity index (χ1) is 8.30. The number of benzene rings is 1. The Morgan fingerprint density at radius 1 is 1.17 bits per heavy atom. The summed E-state index contributed by atoms with van der Waals surface area (Å²) in [5, 5.41) is 3.43. The fourth-order valence-electron chi connectivity index (χ4n) is 1.11. The summed E-state index contributed by atoms with van der Waals surface area (Å²) in [6, 6.07) is 5.78. The largest absolute Gasteiger partial charge is 0.744 e. The van der Waals surface area contributed by atoms with Gasteiger partial charge >= 0.3 is 0 Å². The average molecular weight is 285 g/mol. The molecule has 0 unspecified atom stereocenters. The summed E-state index contributed by atoms with van der Waals surface area (Å²) in [6.07, 6.45) is 2.06. The molecular formula is C12H15NO3S2. The summed E-state index contributed by atoms with van der Waals surface area (Å²) in [4.78, 5) is -0.178. The minimum Gasteiger partial charge on any atom is -0.744 e. The van der Waals surface area contributed by atoms with Crippen LogP contribution in [0.3, 0.4) is 0 Å². The van der Waals surface area contributed by atoms with Crippen LogP contribution in [-0.2, 0) is 17.2 Å². The number of thiazole rings is 1. The SMILES string of the molecule is Cc1ccc(S(=O)(=O)[O-])cc1.Cc1scc[n+]1C. The number of hydrogen-bond donors (Lipinski definition) is 0. The van der Waals surface area contributed by atoms with E-state index in [1.807, 2.05) is 14.0 Å². The molecule has 2 aromatic rings. The van der Waals surface area contributed by atoms with Crippen LogP contribution < -0.4 is 4.57 Å². The van der Waals surface area contributed by atoms with Crippen LogP contribution in [0.2, 0.25) is 0 Å². The Kier molecular flexibility index (Phi) is 5.01. The van der Waals surface area contributed by atoms with Gasteiger partial charge in [-0.1, -0.05) is 29.0 Å². The summed E-state index contributed by atoms with van der Waals surface area (Å²) in [5.41, 5.74) is 0.928. The van der Waals surface area contributed by atoms with E-state index in [1.165, 1.54) is 17.1 Å². The molecule has 0 saturated heterocycles. The highest BCUT2D eigenvalue weighted by molar-refractivity contribution is 7.85. The highest BCUT2D eigenvalue weighted by atomic mass is 32.2. The normalized spacial score (nSPS) is 10.7. The molecule has 0 amide bonds. The van der Waals surface area contributed by atoms with Crippen LogP contribution in [0, 0.1) is 13.8 Å². The van der Waals surface area contributed by atoms with Gasteiger partial charge in [0.15, 0.2) is 6.20 Å². The summed E-state index contributed by atoms with van der Waals surface area (Å²) in [5.74, 6) is 0. The Morgan fingerprint density at radius 3 is 2.00 bits per heavy atom. The molecule has 0 radical (unpaired) electrons. The Balaban J connectivity index is 0.000000199. The first kappa shape index (κ1) is 14.8. The third kappa shape index (κ3) is 4.56. The predicted octanol–water partition coefficient (Wildman–Crippen LogP) is 1.78. The minimum atomic E-state index is -4.27. The van der Waals surface area contributed by atoms with E-state index in [1.54, 1.807) is 23.5 Å². The van der Waals surface area contributed by atoms with Crippen molar-refractivity contribution < 1.29 is 17.5 Å². The fraction of sp³-hybridized carbons (Fsp3) is 0.250. The third-order valence-corrected chi connectivity index (χ3v) is 4.07. The topological polar surface area (TPSA) is 61.1 Å². The second-order valence-electron chi connectivity index (χ2n) is 3.80. The second kappa shape index (κ2) is 6.08. The van der Waals surface area contributed by atoms with Crippen LogP contribution in [0.4, 0.5) is 0 Å². The fourth-order valence-corrected chi connectivity index (χ4v) is 2.25. The van der Waals surface area contributed by atoms with Gasteiger partial charge in [0.25, 0.3) is 0 Å². The molecule has 0 aliphatic heterocycles. The molecule has 0 saturated carbocycles. The van der Waals surface area contributed by atoms with Gasteiger partial charge in [0.1, 0.15) is 17.2 Å². The molecule has 0 atom stereocenters. The highest BCUT2D eigenvalue weighted by Gasteiger charge is 1.98. The van der Waals surface area contributed by atoms with Crippen molar-refractivity contribution in [2.75, 3.05) is 0 Å². The van der Waals surface area contributed by atoms with Gasteiger partial charge in [0, 0.05) is 6.92 Å². The van der Waals surface area contributed by atoms with Crippen molar-refractivity contribution in [3.63, 3.8) is 0 Å². The van der Waals surface area contributed by atoms with Gasteiger partial charge < -0.3 is 4.55 Å². The molecule has 0 aliphatic carbocycles. The predicted molar refractivity (Wildman–Crippen MR) is 69.4 cm³/mol. The molecule has 2 rings (SSSR count). The molecule has 6 heteroatoms. The van der Waals surface area contributed by atoms with Crippen molar-refractivity contribution in [3.05, 3.63) is 46.4 Å². The molecule has 98 valence electrons. The summed E-state index contributed by atoms with van der Waals surface area (Å²) >= 11 is 1.77. The van der Waals surface area contributed by atoms with Crippen molar-refractivity contribution in [1.82, 2.24) is 0 Å². The van der Waals surface area contributed by atoms with Gasteiger partial charge in [-0.25, -0.2) is 8.42 Å². The van der Waals surface area contributed by atoms with Gasteiger partial charge in [-0.2, -0.15) is 4.57 Å². The molecule has 0 bridgehead atoms. The molecule has 1 aromatic heterocycles. The van der Waals surface area contributed by atoms with E-state index in [9.17, 15) is 13.0 Å². The maximum atomic E-state index is 10.4. The van der Waals surface area contributed by atoms with Gasteiger partial charge in [-0.05, 0) is 19.1 Å². The van der Waals surface area contributed by atoms with E-state index in [4.69, 9.17) is 0 Å². The maximum absolute atomic E-state index is 10.4. The number of rotatable bonds is 1. The van der Waals surface area contributed by atoms with Crippen LogP contribution in [0.25, 0.3) is 0 Å². The molecule has 4 nitrogen and oxygen atoms in total. The van der Waals surface area contributed by atoms with Crippen LogP contribution in [0.5, 0.6) is 0 Å². The highest BCUT2D eigenvalue weighted by Crippen LogP contribution is 2.08. The Morgan fingerprint density at radius 2 is 1.72 bits per heavy atom. The Hall–Kier alpha value is -1.24. The lowest BCUT2D eigenvalue weighted by molar-refractivity contribution is -0.672. The lowest BCUT2D eigenvalue weighted by atomic mass is 10.2. The Bertz CT molecular complexity index is 584. The number of aryl methyl sites for hydroxylation is 3. The zero-order valence-electron chi connectivity index (χ0n) is 10.5. The Labute approximate surface area is 111 Å². The molecule has 0 fully saturated rings. The van der Waals surface area contributed by atoms with Crippen LogP contribution in [-0.4, -0.2) is 13.0 Å². The van der Waals surface area contributed by atoms with Crippen molar-refractivity contribution >= 4 is 21.5 Å². The van der Waals surface area contributed by atoms with Crippen molar-refractivity contribution in [2.24, 2.45) is 7.05 Å². The zero-order valence-corrected chi connectivity index (χ0v) is 12.1. The van der Waals surface area contributed by atoms with Crippen LogP contribution in [0.15, 0.2) is 40.7 Å². The van der Waals surface area contributed by atoms with E-state index in [0.717, 1.165) is 5.56 Å². The molecule has 0 N–H and O–H groups in total. The molecule has 0 spiro atoms. The standard InChI is InChI=1S/C7H8O3S.C5H8NS/c1-6-2-4-7(5-3-6)11(8,9)10;1-5-6(2)3-4-7-5/h2-5H,1H3,(H,8,9,10);3-4H,1-2H3/q;+1/p-1. The van der Waals surface area contributed by atoms with E-state index in [2.05, 4.69) is 23.1 Å². The summed E-state index contributed by atoms with van der Waals surface area (Å²) < 4.78 is 33.3. The number of hydrogen-bond acceptors (Lipinski definition) is 4. The molecule has 18 heavy (non-hydrogen) atoms. The maximum Gasteiger partial charge on any atom is 0.233 e. The summed E-state index contributed by atoms with van der Waals surface area (Å²) in [6.45, 7) is 3.92. The second-order valence-corrected chi connectivity index (χ2v) is 6.28. The van der Waals surface area contributed by atoms with Gasteiger partial charge in [0.2, 0.25) is 5.01 Å². The number of aromatic nitrogens is 1. The molecule has 1 aromatic carbocycles. The van der Waals surface area contributed by atoms with Crippen LogP contribution in [0.1, 0.15) is 10.6 Å². The van der Waals surface area contributed by atoms with E-state index in [-0.39, 0.29) is 4.90 Å². The van der Waals surface area contributed by atoms with E-state index in [0.29, 0.717) is 0 Å². The molecular weight excluding hydrogens is 270 g/mol. The van der Waals surface area contributed by atoms with Crippen molar-refractivity contribution in [3.8, 4) is 0 Å². The van der Waals surface area contributed by atoms with E-state index >= 15 is 0 Å². The van der Waals surface area contributed by atoms with Gasteiger partial charge in [-0.3, -0.25) is 0 Å². The van der Waals surface area contributed by atoms with E-state index < -0.39 is 10.1 Å². The zero-order chi connectivity index (χ0) is 13.8. The number of nitrogens with zero attached hydrogens (tertiary/aromatic N) is 1. The first-order valence-electron chi connectivity index (χ1n) is 5.23. The van der Waals surface area contributed by atoms with Gasteiger partial charge in [0.05, 0.1) is 10.3 Å². The molecule has 0 aliphatic rings. The van der Waals surface area contributed by atoms with Crippen molar-refractivity contribution in [2.45, 2.75) is 18.7 Å². The minimum absolute atomic E-state index is 0.178. The molecule has 1 heterocycles. The quantitative estimate of drug-likeness (QED) is 0.593. The third-order valence-electron chi connectivity index (χ3n) is 2.33. The smallest absolute Gasteiger partial charge is 0.233 e. The van der Waals surface area contributed by atoms with Gasteiger partial charge in [-0.15, -0.1) is 0 Å². The lowest BCUT2D eigenvalue weighted by Crippen LogP contribution is -2.26. The van der Waals surface area contributed by atoms with Crippen molar-refractivity contribution in [1.29, 1.82) is 0 Å². The average Bonchev–Trinajstić information content (AvgIpc) is 2.63. The first-order valence-corrected chi connectivity index (χ1v) is 7.52.